The zero-order valence-corrected chi connectivity index (χ0v) is 6.58. The molecule has 1 rings (SSSR count). The number of nitrogens with one attached hydrogen (secondary N) is 1. The number of piperidine rings is 1. The summed E-state index contributed by atoms with van der Waals surface area (Å²) >= 11 is 0. The van der Waals surface area contributed by atoms with Gasteiger partial charge < -0.3 is 10.4 Å². The molecular weight excluding hydrogens is 140 g/mol. The van der Waals surface area contributed by atoms with Crippen LogP contribution in [0.5, 0.6) is 0 Å². The Morgan fingerprint density at radius 1 is 1.64 bits per heavy atom. The topological polar surface area (TPSA) is 56.0 Å². The molecule has 62 valence electrons. The fraction of sp³-hybridized carbons (Fsp3) is 0.875. The summed E-state index contributed by atoms with van der Waals surface area (Å²) in [6.07, 6.45) is 2.02. The van der Waals surface area contributed by atoms with Crippen LogP contribution in [0.25, 0.3) is 0 Å². The van der Waals surface area contributed by atoms with E-state index in [-0.39, 0.29) is 6.10 Å². The third kappa shape index (κ3) is 2.49. The summed E-state index contributed by atoms with van der Waals surface area (Å²) in [6.45, 7) is 1.77. The minimum absolute atomic E-state index is 0.190. The molecule has 0 saturated carbocycles. The first-order valence-electron chi connectivity index (χ1n) is 4.10. The Morgan fingerprint density at radius 2 is 2.45 bits per heavy atom. The van der Waals surface area contributed by atoms with E-state index in [2.05, 4.69) is 11.4 Å². The quantitative estimate of drug-likeness (QED) is 0.600. The molecule has 1 aliphatic heterocycles. The summed E-state index contributed by atoms with van der Waals surface area (Å²) in [5, 5.41) is 21.0. The first kappa shape index (κ1) is 8.51. The number of aliphatic hydroxyl groups is 1. The van der Waals surface area contributed by atoms with E-state index in [1.165, 1.54) is 0 Å². The molecule has 0 aliphatic carbocycles. The Hall–Kier alpha value is -0.590. The molecule has 1 saturated heterocycles. The number of aliphatic hydroxyl groups excluding tert-OH is 1. The van der Waals surface area contributed by atoms with Crippen molar-refractivity contribution in [2.75, 3.05) is 13.1 Å². The van der Waals surface area contributed by atoms with E-state index in [0.29, 0.717) is 12.3 Å². The van der Waals surface area contributed by atoms with Crippen LogP contribution >= 0.6 is 0 Å². The summed E-state index contributed by atoms with van der Waals surface area (Å²) < 4.78 is 0. The first-order chi connectivity index (χ1) is 5.34. The predicted octanol–water partition coefficient (Wildman–Crippen LogP) is 0.261. The first-order valence-corrected chi connectivity index (χ1v) is 4.10. The van der Waals surface area contributed by atoms with Crippen LogP contribution in [0.2, 0.25) is 0 Å². The molecule has 3 nitrogen and oxygen atoms in total. The molecule has 0 aromatic heterocycles. The molecule has 0 spiro atoms. The van der Waals surface area contributed by atoms with Crippen LogP contribution < -0.4 is 5.32 Å². The van der Waals surface area contributed by atoms with Crippen LogP contribution in [0, 0.1) is 17.2 Å². The molecule has 3 heteroatoms. The second-order valence-electron chi connectivity index (χ2n) is 3.02. The summed E-state index contributed by atoms with van der Waals surface area (Å²) in [5.74, 6) is 0.295. The van der Waals surface area contributed by atoms with Gasteiger partial charge in [0.05, 0.1) is 12.2 Å². The molecule has 1 fully saturated rings. The van der Waals surface area contributed by atoms with Gasteiger partial charge in [-0.1, -0.05) is 0 Å². The largest absolute Gasteiger partial charge is 0.393 e. The molecule has 1 aliphatic rings. The molecule has 0 aromatic rings. The number of hydrogen-bond donors (Lipinski definition) is 2. The molecule has 0 radical (unpaired) electrons. The number of rotatable bonds is 2. The van der Waals surface area contributed by atoms with E-state index >= 15 is 0 Å². The van der Waals surface area contributed by atoms with Crippen molar-refractivity contribution < 1.29 is 5.11 Å². The lowest BCUT2D eigenvalue weighted by atomic mass is 9.92. The van der Waals surface area contributed by atoms with Gasteiger partial charge in [-0.15, -0.1) is 0 Å². The molecule has 2 atom stereocenters. The summed E-state index contributed by atoms with van der Waals surface area (Å²) in [7, 11) is 0. The smallest absolute Gasteiger partial charge is 0.0621 e. The van der Waals surface area contributed by atoms with Gasteiger partial charge in [-0.2, -0.15) is 5.26 Å². The summed E-state index contributed by atoms with van der Waals surface area (Å²) in [4.78, 5) is 0. The van der Waals surface area contributed by atoms with Gasteiger partial charge >= 0.3 is 0 Å². The van der Waals surface area contributed by atoms with Gasteiger partial charge in [-0.25, -0.2) is 0 Å². The third-order valence-electron chi connectivity index (χ3n) is 2.19. The maximum Gasteiger partial charge on any atom is 0.0621 e. The van der Waals surface area contributed by atoms with Gasteiger partial charge in [-0.3, -0.25) is 0 Å². The Morgan fingerprint density at radius 3 is 3.09 bits per heavy atom. The van der Waals surface area contributed by atoms with Gasteiger partial charge in [0.15, 0.2) is 0 Å². The minimum atomic E-state index is -0.190. The lowest BCUT2D eigenvalue weighted by Crippen LogP contribution is -2.39. The second kappa shape index (κ2) is 4.32. The number of nitrogens with zero attached hydrogens (tertiary/aromatic N) is 1. The van der Waals surface area contributed by atoms with Crippen molar-refractivity contribution >= 4 is 0 Å². The monoisotopic (exact) mass is 154 g/mol. The molecule has 2 N–H and O–H groups in total. The summed E-state index contributed by atoms with van der Waals surface area (Å²) in [6, 6.07) is 2.10. The molecule has 0 aromatic carbocycles. The van der Waals surface area contributed by atoms with Crippen LogP contribution in [0.4, 0.5) is 0 Å². The van der Waals surface area contributed by atoms with Gasteiger partial charge in [0.1, 0.15) is 0 Å². The zero-order chi connectivity index (χ0) is 8.10. The molecule has 2 unspecified atom stereocenters. The SMILES string of the molecule is N#CCCC1CNCCC1O. The van der Waals surface area contributed by atoms with E-state index in [0.717, 1.165) is 25.9 Å². The Balaban J connectivity index is 2.25. The van der Waals surface area contributed by atoms with Crippen LogP contribution in [0.3, 0.4) is 0 Å². The second-order valence-corrected chi connectivity index (χ2v) is 3.02. The minimum Gasteiger partial charge on any atom is -0.393 e. The van der Waals surface area contributed by atoms with Gasteiger partial charge in [0.2, 0.25) is 0 Å². The molecule has 0 amide bonds. The van der Waals surface area contributed by atoms with Crippen LogP contribution in [0.15, 0.2) is 0 Å². The highest BCUT2D eigenvalue weighted by Gasteiger charge is 2.21. The number of hydrogen-bond acceptors (Lipinski definition) is 3. The maximum absolute atomic E-state index is 9.45. The average Bonchev–Trinajstić information content (AvgIpc) is 2.03. The van der Waals surface area contributed by atoms with Gasteiger partial charge in [-0.05, 0) is 25.3 Å². The van der Waals surface area contributed by atoms with E-state index in [1.54, 1.807) is 0 Å². The Labute approximate surface area is 67.0 Å². The van der Waals surface area contributed by atoms with Crippen molar-refractivity contribution in [1.29, 1.82) is 5.26 Å². The molecule has 1 heterocycles. The van der Waals surface area contributed by atoms with Crippen LogP contribution in [-0.2, 0) is 0 Å². The van der Waals surface area contributed by atoms with E-state index in [4.69, 9.17) is 5.26 Å². The zero-order valence-electron chi connectivity index (χ0n) is 6.58. The van der Waals surface area contributed by atoms with Crippen LogP contribution in [0.1, 0.15) is 19.3 Å². The van der Waals surface area contributed by atoms with E-state index in [9.17, 15) is 5.11 Å². The highest BCUT2D eigenvalue weighted by Crippen LogP contribution is 2.15. The summed E-state index contributed by atoms with van der Waals surface area (Å²) in [5.41, 5.74) is 0. The van der Waals surface area contributed by atoms with E-state index in [1.807, 2.05) is 0 Å². The molecular formula is C8H14N2O. The molecule has 11 heavy (non-hydrogen) atoms. The predicted molar refractivity (Wildman–Crippen MR) is 41.8 cm³/mol. The van der Waals surface area contributed by atoms with E-state index < -0.39 is 0 Å². The highest BCUT2D eigenvalue weighted by molar-refractivity contribution is 4.80. The molecule has 0 bridgehead atoms. The van der Waals surface area contributed by atoms with Gasteiger partial charge in [0, 0.05) is 13.0 Å². The van der Waals surface area contributed by atoms with Crippen molar-refractivity contribution in [3.05, 3.63) is 0 Å². The maximum atomic E-state index is 9.45. The van der Waals surface area contributed by atoms with Gasteiger partial charge in [0.25, 0.3) is 0 Å². The lowest BCUT2D eigenvalue weighted by Gasteiger charge is -2.27. The average molecular weight is 154 g/mol. The van der Waals surface area contributed by atoms with Crippen molar-refractivity contribution in [2.24, 2.45) is 5.92 Å². The number of nitriles is 1. The van der Waals surface area contributed by atoms with Crippen molar-refractivity contribution in [2.45, 2.75) is 25.4 Å². The lowest BCUT2D eigenvalue weighted by molar-refractivity contribution is 0.0753. The van der Waals surface area contributed by atoms with Crippen molar-refractivity contribution in [3.63, 3.8) is 0 Å². The highest BCUT2D eigenvalue weighted by atomic mass is 16.3. The Kier molecular flexibility index (Phi) is 3.34. The fourth-order valence-electron chi connectivity index (χ4n) is 1.45. The Bertz CT molecular complexity index is 153. The normalized spacial score (nSPS) is 31.3. The fourth-order valence-corrected chi connectivity index (χ4v) is 1.45. The standard InChI is InChI=1S/C8H14N2O/c9-4-1-2-7-6-10-5-3-8(7)11/h7-8,10-11H,1-3,5-6H2. The third-order valence-corrected chi connectivity index (χ3v) is 2.19. The van der Waals surface area contributed by atoms with Crippen molar-refractivity contribution in [1.82, 2.24) is 5.32 Å². The van der Waals surface area contributed by atoms with Crippen molar-refractivity contribution in [3.8, 4) is 6.07 Å². The van der Waals surface area contributed by atoms with Crippen LogP contribution in [-0.4, -0.2) is 24.3 Å².